The van der Waals surface area contributed by atoms with Crippen LogP contribution in [0.5, 0.6) is 0 Å². The Morgan fingerprint density at radius 3 is 2.56 bits per heavy atom. The quantitative estimate of drug-likeness (QED) is 0.230. The van der Waals surface area contributed by atoms with Crippen molar-refractivity contribution in [3.05, 3.63) is 92.3 Å². The molecule has 32 heavy (non-hydrogen) atoms. The molecule has 0 radical (unpaired) electrons. The number of rotatable bonds is 7. The van der Waals surface area contributed by atoms with E-state index in [2.05, 4.69) is 4.98 Å². The van der Waals surface area contributed by atoms with E-state index in [1.807, 2.05) is 30.3 Å². The highest BCUT2D eigenvalue weighted by Crippen LogP contribution is 2.32. The molecule has 0 aliphatic carbocycles. The molecule has 2 heterocycles. The predicted molar refractivity (Wildman–Crippen MR) is 122 cm³/mol. The van der Waals surface area contributed by atoms with E-state index < -0.39 is 16.9 Å². The van der Waals surface area contributed by atoms with Gasteiger partial charge in [0.25, 0.3) is 11.2 Å². The summed E-state index contributed by atoms with van der Waals surface area (Å²) in [7, 11) is 0. The van der Waals surface area contributed by atoms with Crippen LogP contribution in [0.2, 0.25) is 0 Å². The van der Waals surface area contributed by atoms with E-state index in [9.17, 15) is 19.7 Å². The summed E-state index contributed by atoms with van der Waals surface area (Å²) in [5.41, 5.74) is 1.76. The third-order valence-corrected chi connectivity index (χ3v) is 6.01. The lowest BCUT2D eigenvalue weighted by molar-refractivity contribution is -0.384. The van der Waals surface area contributed by atoms with E-state index in [1.54, 1.807) is 24.4 Å². The molecule has 9 heteroatoms. The monoisotopic (exact) mass is 449 g/mol. The van der Waals surface area contributed by atoms with Crippen LogP contribution in [0.4, 0.5) is 5.69 Å². The fraction of sp³-hybridized carbons (Fsp3) is 0.174. The second kappa shape index (κ2) is 9.11. The Hall–Kier alpha value is -3.85. The third kappa shape index (κ3) is 4.15. The number of hydrogen-bond acceptors (Lipinski definition) is 7. The minimum atomic E-state index is -0.812. The van der Waals surface area contributed by atoms with Gasteiger partial charge in [-0.1, -0.05) is 37.3 Å². The minimum Gasteiger partial charge on any atom is -0.459 e. The number of fused-ring (bicyclic) bond motifs is 1. The number of non-ortho nitro benzene ring substituents is 1. The van der Waals surface area contributed by atoms with Gasteiger partial charge in [-0.25, -0.2) is 9.78 Å². The summed E-state index contributed by atoms with van der Waals surface area (Å²) < 4.78 is 6.75. The number of nitro benzene ring substituents is 1. The molecule has 0 saturated heterocycles. The zero-order valence-electron chi connectivity index (χ0n) is 17.1. The molecule has 0 fully saturated rings. The molecular weight excluding hydrogens is 430 g/mol. The first-order valence-corrected chi connectivity index (χ1v) is 10.8. The zero-order chi connectivity index (χ0) is 22.7. The van der Waals surface area contributed by atoms with Gasteiger partial charge in [-0.15, -0.1) is 11.3 Å². The van der Waals surface area contributed by atoms with Crippen molar-refractivity contribution in [3.8, 4) is 11.1 Å². The predicted octanol–water partition coefficient (Wildman–Crippen LogP) is 4.73. The highest BCUT2D eigenvalue weighted by molar-refractivity contribution is 7.17. The van der Waals surface area contributed by atoms with Gasteiger partial charge in [0.1, 0.15) is 17.5 Å². The van der Waals surface area contributed by atoms with Crippen LogP contribution in [-0.4, -0.2) is 20.4 Å². The Morgan fingerprint density at radius 2 is 1.91 bits per heavy atom. The molecule has 0 amide bonds. The van der Waals surface area contributed by atoms with Gasteiger partial charge in [0.15, 0.2) is 0 Å². The van der Waals surface area contributed by atoms with Gasteiger partial charge in [0.2, 0.25) is 0 Å². The van der Waals surface area contributed by atoms with E-state index in [4.69, 9.17) is 4.74 Å². The summed E-state index contributed by atoms with van der Waals surface area (Å²) in [4.78, 5) is 41.5. The highest BCUT2D eigenvalue weighted by atomic mass is 32.1. The largest absolute Gasteiger partial charge is 0.459 e. The molecule has 8 nitrogen and oxygen atoms in total. The van der Waals surface area contributed by atoms with Crippen LogP contribution < -0.4 is 5.56 Å². The van der Waals surface area contributed by atoms with Crippen molar-refractivity contribution in [2.45, 2.75) is 26.0 Å². The maximum absolute atomic E-state index is 13.4. The van der Waals surface area contributed by atoms with Crippen LogP contribution in [0.3, 0.4) is 0 Å². The minimum absolute atomic E-state index is 0.0315. The Bertz CT molecular complexity index is 1330. The maximum atomic E-state index is 13.4. The number of ether oxygens (including phenoxy) is 1. The number of benzene rings is 2. The number of nitrogens with zero attached hydrogens (tertiary/aromatic N) is 3. The topological polar surface area (TPSA) is 104 Å². The van der Waals surface area contributed by atoms with Crippen LogP contribution in [0, 0.1) is 10.1 Å². The van der Waals surface area contributed by atoms with Crippen LogP contribution in [0.15, 0.2) is 71.1 Å². The smallest absolute Gasteiger partial charge is 0.329 e. The number of carbonyl (C=O) groups excluding carboxylic acids is 1. The van der Waals surface area contributed by atoms with E-state index in [-0.39, 0.29) is 17.9 Å². The second-order valence-electron chi connectivity index (χ2n) is 7.11. The normalized spacial score (nSPS) is 11.9. The second-order valence-corrected chi connectivity index (χ2v) is 7.97. The fourth-order valence-corrected chi connectivity index (χ4v) is 4.35. The summed E-state index contributed by atoms with van der Waals surface area (Å²) >= 11 is 1.30. The lowest BCUT2D eigenvalue weighted by atomic mass is 10.1. The average Bonchev–Trinajstić information content (AvgIpc) is 3.25. The first-order chi connectivity index (χ1) is 15.5. The maximum Gasteiger partial charge on any atom is 0.329 e. The van der Waals surface area contributed by atoms with E-state index in [0.717, 1.165) is 5.56 Å². The molecule has 1 atom stereocenters. The average molecular weight is 449 g/mol. The summed E-state index contributed by atoms with van der Waals surface area (Å²) in [5, 5.41) is 13.1. The van der Waals surface area contributed by atoms with Crippen LogP contribution in [-0.2, 0) is 16.1 Å². The number of thiophene rings is 1. The van der Waals surface area contributed by atoms with E-state index in [1.165, 1.54) is 34.4 Å². The van der Waals surface area contributed by atoms with Crippen molar-refractivity contribution >= 4 is 33.2 Å². The Morgan fingerprint density at radius 1 is 1.19 bits per heavy atom. The van der Waals surface area contributed by atoms with E-state index in [0.29, 0.717) is 27.8 Å². The molecule has 0 aliphatic heterocycles. The SMILES string of the molecule is CCC(C(=O)OCc1ccccc1)n1cnc2scc(-c3ccc([N+](=O)[O-])cc3)c2c1=O. The van der Waals surface area contributed by atoms with Crippen molar-refractivity contribution in [2.75, 3.05) is 0 Å². The van der Waals surface area contributed by atoms with Gasteiger partial charge in [0.05, 0.1) is 16.6 Å². The first kappa shape index (κ1) is 21.4. The van der Waals surface area contributed by atoms with Crippen LogP contribution in [0.25, 0.3) is 21.3 Å². The van der Waals surface area contributed by atoms with Gasteiger partial charge in [-0.3, -0.25) is 19.5 Å². The van der Waals surface area contributed by atoms with Gasteiger partial charge < -0.3 is 4.74 Å². The number of aromatic nitrogens is 2. The van der Waals surface area contributed by atoms with Crippen LogP contribution in [0.1, 0.15) is 24.9 Å². The molecule has 0 saturated carbocycles. The van der Waals surface area contributed by atoms with Gasteiger partial charge >= 0.3 is 5.97 Å². The summed E-state index contributed by atoms with van der Waals surface area (Å²) in [6, 6.07) is 14.5. The molecule has 2 aromatic heterocycles. The Labute approximate surface area is 186 Å². The molecule has 0 N–H and O–H groups in total. The number of hydrogen-bond donors (Lipinski definition) is 0. The van der Waals surface area contributed by atoms with Crippen molar-refractivity contribution in [1.82, 2.24) is 9.55 Å². The molecule has 4 rings (SSSR count). The van der Waals surface area contributed by atoms with E-state index >= 15 is 0 Å². The molecule has 162 valence electrons. The zero-order valence-corrected chi connectivity index (χ0v) is 18.0. The molecular formula is C23H19N3O5S. The van der Waals surface area contributed by atoms with Crippen molar-refractivity contribution in [2.24, 2.45) is 0 Å². The van der Waals surface area contributed by atoms with Gasteiger partial charge in [-0.05, 0) is 29.7 Å². The standard InChI is InChI=1S/C23H19N3O5S/c1-2-19(23(28)31-12-15-6-4-3-5-7-15)25-14-24-21-20(22(25)27)18(13-32-21)16-8-10-17(11-9-16)26(29)30/h3-11,13-14,19H,2,12H2,1H3. The Kier molecular flexibility index (Phi) is 6.09. The number of carbonyl (C=O) groups is 1. The fourth-order valence-electron chi connectivity index (χ4n) is 3.44. The van der Waals surface area contributed by atoms with Gasteiger partial charge in [-0.2, -0.15) is 0 Å². The third-order valence-electron chi connectivity index (χ3n) is 5.13. The number of esters is 1. The summed E-state index contributed by atoms with van der Waals surface area (Å²) in [6.07, 6.45) is 1.73. The summed E-state index contributed by atoms with van der Waals surface area (Å²) in [6.45, 7) is 1.92. The van der Waals surface area contributed by atoms with Crippen molar-refractivity contribution < 1.29 is 14.5 Å². The highest BCUT2D eigenvalue weighted by Gasteiger charge is 2.24. The Balaban J connectivity index is 1.67. The first-order valence-electron chi connectivity index (χ1n) is 9.93. The van der Waals surface area contributed by atoms with Crippen molar-refractivity contribution in [1.29, 1.82) is 0 Å². The van der Waals surface area contributed by atoms with Gasteiger partial charge in [0, 0.05) is 23.1 Å². The molecule has 0 bridgehead atoms. The van der Waals surface area contributed by atoms with Crippen molar-refractivity contribution in [3.63, 3.8) is 0 Å². The number of nitro groups is 1. The molecule has 4 aromatic rings. The molecule has 0 spiro atoms. The summed E-state index contributed by atoms with van der Waals surface area (Å²) in [5.74, 6) is -0.508. The lowest BCUT2D eigenvalue weighted by Gasteiger charge is -2.17. The molecule has 0 aliphatic rings. The van der Waals surface area contributed by atoms with Crippen LogP contribution >= 0.6 is 11.3 Å². The lowest BCUT2D eigenvalue weighted by Crippen LogP contribution is -2.31. The molecule has 2 aromatic carbocycles. The molecule has 1 unspecified atom stereocenters.